The van der Waals surface area contributed by atoms with Gasteiger partial charge in [-0.05, 0) is 24.3 Å². The molecule has 1 aromatic carbocycles. The van der Waals surface area contributed by atoms with E-state index < -0.39 is 5.97 Å². The van der Waals surface area contributed by atoms with Gasteiger partial charge in [0.1, 0.15) is 0 Å². The number of aliphatic carboxylic acids is 1. The fourth-order valence-electron chi connectivity index (χ4n) is 1.36. The van der Waals surface area contributed by atoms with Gasteiger partial charge < -0.3 is 14.7 Å². The summed E-state index contributed by atoms with van der Waals surface area (Å²) in [4.78, 5) is 23.4. The summed E-state index contributed by atoms with van der Waals surface area (Å²) in [7, 11) is 3.13. The van der Waals surface area contributed by atoms with E-state index in [-0.39, 0.29) is 12.4 Å². The standard InChI is InChI=1S/C12H15NO4/c1-13(8-7-11(14)15)10-5-3-9(4-6-10)12(16)17-2/h3-6H,7-8H2,1-2H3,(H,14,15). The quantitative estimate of drug-likeness (QED) is 0.784. The largest absolute Gasteiger partial charge is 0.481 e. The molecule has 1 N–H and O–H groups in total. The van der Waals surface area contributed by atoms with E-state index >= 15 is 0 Å². The second-order valence-corrected chi connectivity index (χ2v) is 3.60. The Morgan fingerprint density at radius 2 is 1.88 bits per heavy atom. The molecule has 1 aromatic rings. The maximum absolute atomic E-state index is 11.2. The fourth-order valence-corrected chi connectivity index (χ4v) is 1.36. The van der Waals surface area contributed by atoms with Crippen molar-refractivity contribution in [1.82, 2.24) is 0 Å². The summed E-state index contributed by atoms with van der Waals surface area (Å²) in [6.45, 7) is 0.424. The van der Waals surface area contributed by atoms with Gasteiger partial charge in [0.05, 0.1) is 19.1 Å². The first-order valence-corrected chi connectivity index (χ1v) is 5.16. The van der Waals surface area contributed by atoms with Crippen molar-refractivity contribution in [3.63, 3.8) is 0 Å². The third-order valence-corrected chi connectivity index (χ3v) is 2.39. The van der Waals surface area contributed by atoms with Crippen molar-refractivity contribution in [3.05, 3.63) is 29.8 Å². The molecule has 0 aliphatic heterocycles. The summed E-state index contributed by atoms with van der Waals surface area (Å²) < 4.78 is 4.59. The zero-order valence-electron chi connectivity index (χ0n) is 9.84. The molecule has 92 valence electrons. The van der Waals surface area contributed by atoms with Gasteiger partial charge >= 0.3 is 11.9 Å². The van der Waals surface area contributed by atoms with E-state index in [2.05, 4.69) is 4.74 Å². The van der Waals surface area contributed by atoms with Crippen LogP contribution >= 0.6 is 0 Å². The van der Waals surface area contributed by atoms with Crippen LogP contribution in [-0.4, -0.2) is 37.7 Å². The van der Waals surface area contributed by atoms with Gasteiger partial charge in [-0.15, -0.1) is 0 Å². The number of carbonyl (C=O) groups is 2. The van der Waals surface area contributed by atoms with Gasteiger partial charge in [-0.2, -0.15) is 0 Å². The number of carboxylic acid groups (broad SMARTS) is 1. The summed E-state index contributed by atoms with van der Waals surface area (Å²) >= 11 is 0. The van der Waals surface area contributed by atoms with Crippen LogP contribution in [0.25, 0.3) is 0 Å². The molecule has 0 atom stereocenters. The fraction of sp³-hybridized carbons (Fsp3) is 0.333. The van der Waals surface area contributed by atoms with Crippen molar-refractivity contribution >= 4 is 17.6 Å². The molecule has 0 aromatic heterocycles. The van der Waals surface area contributed by atoms with Crippen LogP contribution in [0.3, 0.4) is 0 Å². The Bertz CT molecular complexity index is 399. The topological polar surface area (TPSA) is 66.8 Å². The first kappa shape index (κ1) is 13.0. The highest BCUT2D eigenvalue weighted by Gasteiger charge is 2.07. The molecule has 0 saturated heterocycles. The molecule has 1 rings (SSSR count). The number of carboxylic acids is 1. The minimum absolute atomic E-state index is 0.0786. The molecule has 5 heteroatoms. The van der Waals surface area contributed by atoms with Crippen molar-refractivity contribution in [1.29, 1.82) is 0 Å². The Labute approximate surface area is 99.6 Å². The van der Waals surface area contributed by atoms with Crippen LogP contribution in [0.5, 0.6) is 0 Å². The molecular formula is C12H15NO4. The first-order valence-electron chi connectivity index (χ1n) is 5.16. The van der Waals surface area contributed by atoms with Crippen LogP contribution in [0.15, 0.2) is 24.3 Å². The number of hydrogen-bond donors (Lipinski definition) is 1. The molecule has 17 heavy (non-hydrogen) atoms. The first-order chi connectivity index (χ1) is 8.04. The van der Waals surface area contributed by atoms with E-state index in [9.17, 15) is 9.59 Å². The van der Waals surface area contributed by atoms with Gasteiger partial charge in [-0.25, -0.2) is 4.79 Å². The Kier molecular flexibility index (Phi) is 4.51. The summed E-state index contributed by atoms with van der Waals surface area (Å²) in [6, 6.07) is 6.82. The van der Waals surface area contributed by atoms with E-state index in [0.29, 0.717) is 12.1 Å². The average Bonchev–Trinajstić information content (AvgIpc) is 2.35. The van der Waals surface area contributed by atoms with Crippen LogP contribution < -0.4 is 4.90 Å². The predicted molar refractivity (Wildman–Crippen MR) is 63.3 cm³/mol. The molecule has 0 aliphatic rings. The monoisotopic (exact) mass is 237 g/mol. The lowest BCUT2D eigenvalue weighted by molar-refractivity contribution is -0.136. The number of rotatable bonds is 5. The number of carbonyl (C=O) groups excluding carboxylic acids is 1. The van der Waals surface area contributed by atoms with Crippen molar-refractivity contribution < 1.29 is 19.4 Å². The number of esters is 1. The Morgan fingerprint density at radius 3 is 2.35 bits per heavy atom. The summed E-state index contributed by atoms with van der Waals surface area (Å²) in [5, 5.41) is 8.57. The number of ether oxygens (including phenoxy) is 1. The van der Waals surface area contributed by atoms with Gasteiger partial charge in [0.15, 0.2) is 0 Å². The highest BCUT2D eigenvalue weighted by atomic mass is 16.5. The SMILES string of the molecule is COC(=O)c1ccc(N(C)CCC(=O)O)cc1. The van der Waals surface area contributed by atoms with E-state index in [1.807, 2.05) is 4.90 Å². The molecule has 0 heterocycles. The molecule has 0 unspecified atom stereocenters. The predicted octanol–water partition coefficient (Wildman–Crippen LogP) is 1.38. The molecule has 0 bridgehead atoms. The van der Waals surface area contributed by atoms with E-state index in [1.165, 1.54) is 7.11 Å². The van der Waals surface area contributed by atoms with Gasteiger partial charge in [-0.3, -0.25) is 4.79 Å². The highest BCUT2D eigenvalue weighted by Crippen LogP contribution is 2.14. The molecule has 0 spiro atoms. The minimum Gasteiger partial charge on any atom is -0.481 e. The second kappa shape index (κ2) is 5.89. The second-order valence-electron chi connectivity index (χ2n) is 3.60. The molecule has 5 nitrogen and oxygen atoms in total. The zero-order chi connectivity index (χ0) is 12.8. The normalized spacial score (nSPS) is 9.76. The van der Waals surface area contributed by atoms with Crippen LogP contribution in [0.4, 0.5) is 5.69 Å². The third kappa shape index (κ3) is 3.79. The Hall–Kier alpha value is -2.04. The molecule has 0 amide bonds. The van der Waals surface area contributed by atoms with Crippen LogP contribution in [-0.2, 0) is 9.53 Å². The van der Waals surface area contributed by atoms with Gasteiger partial charge in [0.2, 0.25) is 0 Å². The smallest absolute Gasteiger partial charge is 0.337 e. The zero-order valence-corrected chi connectivity index (χ0v) is 9.84. The average molecular weight is 237 g/mol. The Balaban J connectivity index is 2.66. The van der Waals surface area contributed by atoms with Crippen molar-refractivity contribution in [2.45, 2.75) is 6.42 Å². The van der Waals surface area contributed by atoms with E-state index in [4.69, 9.17) is 5.11 Å². The van der Waals surface area contributed by atoms with Crippen molar-refractivity contribution in [3.8, 4) is 0 Å². The minimum atomic E-state index is -0.831. The van der Waals surface area contributed by atoms with Crippen molar-refractivity contribution in [2.24, 2.45) is 0 Å². The van der Waals surface area contributed by atoms with Gasteiger partial charge in [0.25, 0.3) is 0 Å². The Morgan fingerprint density at radius 1 is 1.29 bits per heavy atom. The molecule has 0 fully saturated rings. The lowest BCUT2D eigenvalue weighted by atomic mass is 10.2. The van der Waals surface area contributed by atoms with Gasteiger partial charge in [-0.1, -0.05) is 0 Å². The summed E-state index contributed by atoms with van der Waals surface area (Å²) in [5.74, 6) is -1.22. The van der Waals surface area contributed by atoms with E-state index in [0.717, 1.165) is 5.69 Å². The number of anilines is 1. The molecule has 0 radical (unpaired) electrons. The number of hydrogen-bond acceptors (Lipinski definition) is 4. The maximum atomic E-state index is 11.2. The number of nitrogens with zero attached hydrogens (tertiary/aromatic N) is 1. The highest BCUT2D eigenvalue weighted by molar-refractivity contribution is 5.89. The number of benzene rings is 1. The van der Waals surface area contributed by atoms with E-state index in [1.54, 1.807) is 31.3 Å². The van der Waals surface area contributed by atoms with Crippen LogP contribution in [0.2, 0.25) is 0 Å². The number of methoxy groups -OCH3 is 1. The summed E-state index contributed by atoms with van der Waals surface area (Å²) in [5.41, 5.74) is 1.33. The maximum Gasteiger partial charge on any atom is 0.337 e. The van der Waals surface area contributed by atoms with Crippen LogP contribution in [0, 0.1) is 0 Å². The van der Waals surface area contributed by atoms with Crippen molar-refractivity contribution in [2.75, 3.05) is 25.6 Å². The molecular weight excluding hydrogens is 222 g/mol. The summed E-state index contributed by atoms with van der Waals surface area (Å²) in [6.07, 6.45) is 0.0786. The van der Waals surface area contributed by atoms with Crippen LogP contribution in [0.1, 0.15) is 16.8 Å². The van der Waals surface area contributed by atoms with Gasteiger partial charge in [0, 0.05) is 19.3 Å². The lowest BCUT2D eigenvalue weighted by Gasteiger charge is -2.18. The third-order valence-electron chi connectivity index (χ3n) is 2.39. The lowest BCUT2D eigenvalue weighted by Crippen LogP contribution is -2.20. The molecule has 0 saturated carbocycles. The molecule has 0 aliphatic carbocycles.